The van der Waals surface area contributed by atoms with Crippen LogP contribution in [0, 0.1) is 5.92 Å². The molecule has 2 atom stereocenters. The van der Waals surface area contributed by atoms with Gasteiger partial charge in [0.1, 0.15) is 5.82 Å². The summed E-state index contributed by atoms with van der Waals surface area (Å²) in [6, 6.07) is 8.71. The first kappa shape index (κ1) is 14.5. The van der Waals surface area contributed by atoms with Gasteiger partial charge >= 0.3 is 0 Å². The Balaban J connectivity index is 1.76. The van der Waals surface area contributed by atoms with Gasteiger partial charge in [-0.15, -0.1) is 0 Å². The van der Waals surface area contributed by atoms with Crippen LogP contribution in [0.5, 0.6) is 0 Å². The van der Waals surface area contributed by atoms with Crippen LogP contribution in [0.1, 0.15) is 31.6 Å². The van der Waals surface area contributed by atoms with Gasteiger partial charge in [-0.25, -0.2) is 4.98 Å². The summed E-state index contributed by atoms with van der Waals surface area (Å²) in [7, 11) is 4.34. The molecule has 4 nitrogen and oxygen atoms in total. The largest absolute Gasteiger partial charge is 0.330 e. The second-order valence-corrected chi connectivity index (χ2v) is 6.35. The Hall–Kier alpha value is -1.39. The molecule has 21 heavy (non-hydrogen) atoms. The minimum absolute atomic E-state index is 0.337. The van der Waals surface area contributed by atoms with E-state index in [0.717, 1.165) is 30.3 Å². The van der Waals surface area contributed by atoms with E-state index in [2.05, 4.69) is 60.1 Å². The summed E-state index contributed by atoms with van der Waals surface area (Å²) < 4.78 is 2.23. The van der Waals surface area contributed by atoms with Crippen LogP contribution in [0.25, 0.3) is 11.0 Å². The molecule has 1 N–H and O–H groups in total. The molecule has 114 valence electrons. The molecule has 1 saturated heterocycles. The number of nitrogens with one attached hydrogen (secondary N) is 1. The SMILES string of the molecule is CC(c1nc2ccccc2n1C)N(C)CC1CCCNC1. The van der Waals surface area contributed by atoms with Crippen LogP contribution < -0.4 is 5.32 Å². The van der Waals surface area contributed by atoms with E-state index in [1.165, 1.54) is 24.9 Å². The molecule has 2 heterocycles. The van der Waals surface area contributed by atoms with Crippen LogP contribution in [-0.2, 0) is 7.05 Å². The topological polar surface area (TPSA) is 33.1 Å². The summed E-state index contributed by atoms with van der Waals surface area (Å²) in [5, 5.41) is 3.50. The molecule has 0 spiro atoms. The van der Waals surface area contributed by atoms with Crippen molar-refractivity contribution in [3.8, 4) is 0 Å². The fourth-order valence-corrected chi connectivity index (χ4v) is 3.38. The third-order valence-corrected chi connectivity index (χ3v) is 4.80. The second kappa shape index (κ2) is 6.16. The smallest absolute Gasteiger partial charge is 0.126 e. The lowest BCUT2D eigenvalue weighted by Crippen LogP contribution is -2.38. The summed E-state index contributed by atoms with van der Waals surface area (Å²) in [5.74, 6) is 1.92. The van der Waals surface area contributed by atoms with Crippen molar-refractivity contribution in [2.75, 3.05) is 26.7 Å². The molecule has 1 aliphatic rings. The first-order valence-corrected chi connectivity index (χ1v) is 7.99. The number of aryl methyl sites for hydroxylation is 1. The van der Waals surface area contributed by atoms with Gasteiger partial charge in [0.2, 0.25) is 0 Å². The van der Waals surface area contributed by atoms with Gasteiger partial charge in [-0.05, 0) is 58.0 Å². The number of hydrogen-bond acceptors (Lipinski definition) is 3. The minimum atomic E-state index is 0.337. The highest BCUT2D eigenvalue weighted by molar-refractivity contribution is 5.75. The zero-order valence-corrected chi connectivity index (χ0v) is 13.3. The van der Waals surface area contributed by atoms with E-state index < -0.39 is 0 Å². The number of benzene rings is 1. The van der Waals surface area contributed by atoms with E-state index in [9.17, 15) is 0 Å². The van der Waals surface area contributed by atoms with Crippen LogP contribution in [-0.4, -0.2) is 41.1 Å². The molecule has 1 aromatic carbocycles. The van der Waals surface area contributed by atoms with Crippen molar-refractivity contribution in [2.45, 2.75) is 25.8 Å². The van der Waals surface area contributed by atoms with Crippen LogP contribution in [0.4, 0.5) is 0 Å². The number of imidazole rings is 1. The summed E-state index contributed by atoms with van der Waals surface area (Å²) in [5.41, 5.74) is 2.31. The lowest BCUT2D eigenvalue weighted by Gasteiger charge is -2.31. The number of aromatic nitrogens is 2. The van der Waals surface area contributed by atoms with Gasteiger partial charge in [0, 0.05) is 13.6 Å². The van der Waals surface area contributed by atoms with Gasteiger partial charge in [0.25, 0.3) is 0 Å². The first-order valence-electron chi connectivity index (χ1n) is 7.99. The van der Waals surface area contributed by atoms with Gasteiger partial charge in [-0.3, -0.25) is 4.90 Å². The molecular weight excluding hydrogens is 260 g/mol. The van der Waals surface area contributed by atoms with Gasteiger partial charge in [-0.2, -0.15) is 0 Å². The van der Waals surface area contributed by atoms with Crippen molar-refractivity contribution in [2.24, 2.45) is 13.0 Å². The highest BCUT2D eigenvalue weighted by Crippen LogP contribution is 2.24. The Kier molecular flexibility index (Phi) is 4.27. The van der Waals surface area contributed by atoms with Crippen LogP contribution in [0.2, 0.25) is 0 Å². The van der Waals surface area contributed by atoms with Crippen molar-refractivity contribution in [1.82, 2.24) is 19.8 Å². The maximum absolute atomic E-state index is 4.83. The van der Waals surface area contributed by atoms with Crippen molar-refractivity contribution in [3.63, 3.8) is 0 Å². The first-order chi connectivity index (χ1) is 10.2. The maximum Gasteiger partial charge on any atom is 0.126 e. The van der Waals surface area contributed by atoms with E-state index in [-0.39, 0.29) is 0 Å². The Morgan fingerprint density at radius 1 is 1.43 bits per heavy atom. The predicted molar refractivity (Wildman–Crippen MR) is 87.4 cm³/mol. The summed E-state index contributed by atoms with van der Waals surface area (Å²) in [6.45, 7) is 5.73. The molecular formula is C17H26N4. The molecule has 4 heteroatoms. The van der Waals surface area contributed by atoms with E-state index in [1.54, 1.807) is 0 Å². The van der Waals surface area contributed by atoms with Crippen LogP contribution in [0.15, 0.2) is 24.3 Å². The molecule has 2 aromatic rings. The van der Waals surface area contributed by atoms with Crippen LogP contribution in [0.3, 0.4) is 0 Å². The molecule has 0 radical (unpaired) electrons. The number of rotatable bonds is 4. The normalized spacial score (nSPS) is 21.0. The number of hydrogen-bond donors (Lipinski definition) is 1. The lowest BCUT2D eigenvalue weighted by molar-refractivity contribution is 0.192. The number of nitrogens with zero attached hydrogens (tertiary/aromatic N) is 3. The van der Waals surface area contributed by atoms with Crippen molar-refractivity contribution in [1.29, 1.82) is 0 Å². The predicted octanol–water partition coefficient (Wildman–Crippen LogP) is 2.57. The fourth-order valence-electron chi connectivity index (χ4n) is 3.38. The summed E-state index contributed by atoms with van der Waals surface area (Å²) in [6.07, 6.45) is 2.64. The number of piperidine rings is 1. The molecule has 3 rings (SSSR count). The zero-order chi connectivity index (χ0) is 14.8. The minimum Gasteiger partial charge on any atom is -0.330 e. The van der Waals surface area contributed by atoms with E-state index in [4.69, 9.17) is 4.98 Å². The number of para-hydroxylation sites is 2. The maximum atomic E-state index is 4.83. The zero-order valence-electron chi connectivity index (χ0n) is 13.3. The Labute approximate surface area is 127 Å². The van der Waals surface area contributed by atoms with E-state index in [1.807, 2.05) is 0 Å². The van der Waals surface area contributed by atoms with Crippen molar-refractivity contribution < 1.29 is 0 Å². The standard InChI is InChI=1S/C17H26N4/c1-13(20(2)12-14-7-6-10-18-11-14)17-19-15-8-4-5-9-16(15)21(17)3/h4-5,8-9,13-14,18H,6-7,10-12H2,1-3H3. The fraction of sp³-hybridized carbons (Fsp3) is 0.588. The highest BCUT2D eigenvalue weighted by atomic mass is 15.2. The lowest BCUT2D eigenvalue weighted by atomic mass is 9.99. The molecule has 1 aromatic heterocycles. The van der Waals surface area contributed by atoms with Crippen molar-refractivity contribution in [3.05, 3.63) is 30.1 Å². The average Bonchev–Trinajstić information content (AvgIpc) is 2.85. The third-order valence-electron chi connectivity index (χ3n) is 4.80. The summed E-state index contributed by atoms with van der Waals surface area (Å²) >= 11 is 0. The Morgan fingerprint density at radius 2 is 2.24 bits per heavy atom. The van der Waals surface area contributed by atoms with Gasteiger partial charge in [0.15, 0.2) is 0 Å². The Bertz CT molecular complexity index is 598. The Morgan fingerprint density at radius 3 is 2.95 bits per heavy atom. The molecule has 1 aliphatic heterocycles. The monoisotopic (exact) mass is 286 g/mol. The quantitative estimate of drug-likeness (QED) is 0.938. The molecule has 0 aliphatic carbocycles. The average molecular weight is 286 g/mol. The van der Waals surface area contributed by atoms with Crippen molar-refractivity contribution >= 4 is 11.0 Å². The second-order valence-electron chi connectivity index (χ2n) is 6.35. The van der Waals surface area contributed by atoms with E-state index >= 15 is 0 Å². The van der Waals surface area contributed by atoms with Crippen LogP contribution >= 0.6 is 0 Å². The van der Waals surface area contributed by atoms with Gasteiger partial charge in [0.05, 0.1) is 17.1 Å². The number of fused-ring (bicyclic) bond motifs is 1. The third kappa shape index (κ3) is 2.97. The van der Waals surface area contributed by atoms with E-state index in [0.29, 0.717) is 6.04 Å². The van der Waals surface area contributed by atoms with Gasteiger partial charge < -0.3 is 9.88 Å². The molecule has 0 amide bonds. The molecule has 0 saturated carbocycles. The molecule has 1 fully saturated rings. The summed E-state index contributed by atoms with van der Waals surface area (Å²) in [4.78, 5) is 7.28. The highest BCUT2D eigenvalue weighted by Gasteiger charge is 2.22. The molecule has 0 bridgehead atoms. The molecule has 2 unspecified atom stereocenters. The van der Waals surface area contributed by atoms with Gasteiger partial charge in [-0.1, -0.05) is 12.1 Å².